The molecule has 0 aromatic heterocycles. The van der Waals surface area contributed by atoms with Gasteiger partial charge in [0.25, 0.3) is 0 Å². The number of alkyl halides is 3. The van der Waals surface area contributed by atoms with Crippen LogP contribution < -0.4 is 15.4 Å². The molecule has 0 fully saturated rings. The molecule has 2 N–H and O–H groups in total. The zero-order valence-electron chi connectivity index (χ0n) is 12.2. The summed E-state index contributed by atoms with van der Waals surface area (Å²) < 4.78 is 41.3. The number of anilines is 1. The van der Waals surface area contributed by atoms with Crippen molar-refractivity contribution in [3.63, 3.8) is 0 Å². The predicted molar refractivity (Wildman–Crippen MR) is 74.5 cm³/mol. The lowest BCUT2D eigenvalue weighted by Gasteiger charge is -2.10. The number of hydrogen-bond acceptors (Lipinski definition) is 3. The van der Waals surface area contributed by atoms with E-state index in [0.717, 1.165) is 0 Å². The van der Waals surface area contributed by atoms with E-state index >= 15 is 0 Å². The molecule has 0 radical (unpaired) electrons. The molecule has 0 saturated carbocycles. The fourth-order valence-electron chi connectivity index (χ4n) is 1.36. The van der Waals surface area contributed by atoms with E-state index in [1.54, 1.807) is 24.3 Å². The number of rotatable bonds is 6. The molecule has 0 saturated heterocycles. The van der Waals surface area contributed by atoms with E-state index in [9.17, 15) is 22.8 Å². The van der Waals surface area contributed by atoms with E-state index in [1.165, 1.54) is 5.32 Å². The average molecular weight is 318 g/mol. The van der Waals surface area contributed by atoms with Gasteiger partial charge in [0.05, 0.1) is 13.2 Å². The van der Waals surface area contributed by atoms with Crippen LogP contribution in [0.25, 0.3) is 0 Å². The van der Waals surface area contributed by atoms with Gasteiger partial charge in [0.2, 0.25) is 5.91 Å². The average Bonchev–Trinajstić information content (AvgIpc) is 2.43. The van der Waals surface area contributed by atoms with Gasteiger partial charge in [-0.15, -0.1) is 0 Å². The third-order valence-corrected chi connectivity index (χ3v) is 2.39. The first kappa shape index (κ1) is 17.8. The van der Waals surface area contributed by atoms with Crippen LogP contribution in [-0.4, -0.2) is 31.1 Å². The molecule has 1 aromatic carbocycles. The second-order valence-corrected chi connectivity index (χ2v) is 4.96. The topological polar surface area (TPSA) is 67.4 Å². The second kappa shape index (κ2) is 7.67. The molecule has 0 spiro atoms. The lowest BCUT2D eigenvalue weighted by molar-refractivity contribution is -0.173. The number of hydrogen-bond donors (Lipinski definition) is 2. The number of amides is 2. The number of carbonyl (C=O) groups is 2. The minimum atomic E-state index is -5.00. The molecule has 1 aromatic rings. The maximum atomic E-state index is 11.9. The quantitative estimate of drug-likeness (QED) is 0.846. The van der Waals surface area contributed by atoms with Crippen molar-refractivity contribution in [3.8, 4) is 5.75 Å². The van der Waals surface area contributed by atoms with Crippen LogP contribution in [0.1, 0.15) is 13.8 Å². The van der Waals surface area contributed by atoms with Crippen molar-refractivity contribution in [3.05, 3.63) is 24.3 Å². The van der Waals surface area contributed by atoms with Crippen LogP contribution >= 0.6 is 0 Å². The highest BCUT2D eigenvalue weighted by Crippen LogP contribution is 2.16. The van der Waals surface area contributed by atoms with Crippen molar-refractivity contribution in [1.29, 1.82) is 0 Å². The van der Waals surface area contributed by atoms with Gasteiger partial charge in [-0.3, -0.25) is 9.59 Å². The van der Waals surface area contributed by atoms with Crippen LogP contribution in [0.3, 0.4) is 0 Å². The van der Waals surface area contributed by atoms with E-state index in [1.807, 2.05) is 13.8 Å². The predicted octanol–water partition coefficient (Wildman–Crippen LogP) is 2.34. The zero-order chi connectivity index (χ0) is 16.8. The summed E-state index contributed by atoms with van der Waals surface area (Å²) in [7, 11) is 0. The Balaban J connectivity index is 2.43. The number of carbonyl (C=O) groups excluding carboxylic acids is 2. The first-order chi connectivity index (χ1) is 10.2. The lowest BCUT2D eigenvalue weighted by Crippen LogP contribution is -2.41. The largest absolute Gasteiger partial charge is 0.493 e. The van der Waals surface area contributed by atoms with Crippen molar-refractivity contribution < 1.29 is 27.5 Å². The molecule has 0 bridgehead atoms. The maximum absolute atomic E-state index is 11.9. The molecule has 0 aliphatic heterocycles. The second-order valence-electron chi connectivity index (χ2n) is 4.96. The van der Waals surface area contributed by atoms with Crippen LogP contribution in [0.4, 0.5) is 18.9 Å². The van der Waals surface area contributed by atoms with Crippen molar-refractivity contribution in [1.82, 2.24) is 5.32 Å². The van der Waals surface area contributed by atoms with E-state index in [2.05, 4.69) is 5.32 Å². The Morgan fingerprint density at radius 3 is 2.27 bits per heavy atom. The number of ether oxygens (including phenoxy) is 1. The highest BCUT2D eigenvalue weighted by Gasteiger charge is 2.38. The first-order valence-electron chi connectivity index (χ1n) is 6.56. The SMILES string of the molecule is CC(C)COc1ccc(NC(=O)CNC(=O)C(F)(F)F)cc1. The Labute approximate surface area is 125 Å². The molecule has 0 unspecified atom stereocenters. The van der Waals surface area contributed by atoms with E-state index < -0.39 is 24.5 Å². The van der Waals surface area contributed by atoms with Gasteiger partial charge in [0.15, 0.2) is 0 Å². The van der Waals surface area contributed by atoms with Crippen molar-refractivity contribution >= 4 is 17.5 Å². The van der Waals surface area contributed by atoms with E-state index in [0.29, 0.717) is 24.0 Å². The molecule has 8 heteroatoms. The van der Waals surface area contributed by atoms with Gasteiger partial charge in [-0.2, -0.15) is 13.2 Å². The molecule has 22 heavy (non-hydrogen) atoms. The van der Waals surface area contributed by atoms with Crippen molar-refractivity contribution in [2.24, 2.45) is 5.92 Å². The van der Waals surface area contributed by atoms with Gasteiger partial charge >= 0.3 is 12.1 Å². The molecular weight excluding hydrogens is 301 g/mol. The molecule has 122 valence electrons. The summed E-state index contributed by atoms with van der Waals surface area (Å²) in [6, 6.07) is 6.37. The fourth-order valence-corrected chi connectivity index (χ4v) is 1.36. The van der Waals surface area contributed by atoms with Crippen LogP contribution in [0.2, 0.25) is 0 Å². The third-order valence-electron chi connectivity index (χ3n) is 2.39. The molecule has 2 amide bonds. The summed E-state index contributed by atoms with van der Waals surface area (Å²) in [5.74, 6) is -1.91. The summed E-state index contributed by atoms with van der Waals surface area (Å²) >= 11 is 0. The Kier molecular flexibility index (Phi) is 6.21. The van der Waals surface area contributed by atoms with Crippen LogP contribution in [0, 0.1) is 5.92 Å². The fraction of sp³-hybridized carbons (Fsp3) is 0.429. The number of nitrogens with one attached hydrogen (secondary N) is 2. The Morgan fingerprint density at radius 1 is 1.18 bits per heavy atom. The van der Waals surface area contributed by atoms with Crippen molar-refractivity contribution in [2.75, 3.05) is 18.5 Å². The van der Waals surface area contributed by atoms with Gasteiger partial charge < -0.3 is 15.4 Å². The minimum absolute atomic E-state index is 0.372. The molecule has 5 nitrogen and oxygen atoms in total. The van der Waals surface area contributed by atoms with Gasteiger partial charge in [0.1, 0.15) is 5.75 Å². The highest BCUT2D eigenvalue weighted by atomic mass is 19.4. The van der Waals surface area contributed by atoms with Crippen LogP contribution in [0.5, 0.6) is 5.75 Å². The minimum Gasteiger partial charge on any atom is -0.493 e. The maximum Gasteiger partial charge on any atom is 0.471 e. The Hall–Kier alpha value is -2.25. The van der Waals surface area contributed by atoms with E-state index in [-0.39, 0.29) is 0 Å². The summed E-state index contributed by atoms with van der Waals surface area (Å²) in [5.41, 5.74) is 0.392. The van der Waals surface area contributed by atoms with E-state index in [4.69, 9.17) is 4.74 Å². The molecule has 1 rings (SSSR count). The smallest absolute Gasteiger partial charge is 0.471 e. The Morgan fingerprint density at radius 2 is 1.77 bits per heavy atom. The highest BCUT2D eigenvalue weighted by molar-refractivity contribution is 5.95. The molecule has 0 heterocycles. The number of benzene rings is 1. The third kappa shape index (κ3) is 6.47. The first-order valence-corrected chi connectivity index (χ1v) is 6.56. The van der Waals surface area contributed by atoms with Gasteiger partial charge in [-0.05, 0) is 30.2 Å². The summed E-state index contributed by atoms with van der Waals surface area (Å²) in [6.45, 7) is 3.80. The summed E-state index contributed by atoms with van der Waals surface area (Å²) in [4.78, 5) is 22.0. The zero-order valence-corrected chi connectivity index (χ0v) is 12.2. The Bertz CT molecular complexity index is 513. The van der Waals surface area contributed by atoms with Crippen LogP contribution in [-0.2, 0) is 9.59 Å². The molecular formula is C14H17F3N2O3. The standard InChI is InChI=1S/C14H17F3N2O3/c1-9(2)8-22-11-5-3-10(4-6-11)19-12(20)7-18-13(21)14(15,16)17/h3-6,9H,7-8H2,1-2H3,(H,18,21)(H,19,20). The molecule has 0 atom stereocenters. The van der Waals surface area contributed by atoms with Gasteiger partial charge in [-0.25, -0.2) is 0 Å². The monoisotopic (exact) mass is 318 g/mol. The van der Waals surface area contributed by atoms with Gasteiger partial charge in [-0.1, -0.05) is 13.8 Å². The van der Waals surface area contributed by atoms with Gasteiger partial charge in [0, 0.05) is 5.69 Å². The summed E-state index contributed by atoms with van der Waals surface area (Å²) in [5, 5.41) is 3.85. The van der Waals surface area contributed by atoms with Crippen LogP contribution in [0.15, 0.2) is 24.3 Å². The molecule has 0 aliphatic rings. The summed E-state index contributed by atoms with van der Waals surface area (Å²) in [6.07, 6.45) is -5.00. The van der Waals surface area contributed by atoms with Crippen molar-refractivity contribution in [2.45, 2.75) is 20.0 Å². The normalized spacial score (nSPS) is 11.2. The molecule has 0 aliphatic carbocycles. The number of halogens is 3. The lowest BCUT2D eigenvalue weighted by atomic mass is 10.2.